The second kappa shape index (κ2) is 6.35. The van der Waals surface area contributed by atoms with Crippen molar-refractivity contribution in [2.24, 2.45) is 11.7 Å². The summed E-state index contributed by atoms with van der Waals surface area (Å²) in [5.41, 5.74) is 6.36. The fraction of sp³-hybridized carbons (Fsp3) is 0.500. The quantitative estimate of drug-likeness (QED) is 0.870. The zero-order valence-corrected chi connectivity index (χ0v) is 11.8. The van der Waals surface area contributed by atoms with Crippen molar-refractivity contribution in [3.63, 3.8) is 0 Å². The molecule has 1 aliphatic carbocycles. The Labute approximate surface area is 119 Å². The van der Waals surface area contributed by atoms with E-state index in [9.17, 15) is 9.18 Å². The molecule has 1 saturated carbocycles. The number of nitrogens with one attached hydrogen (secondary N) is 1. The lowest BCUT2D eigenvalue weighted by molar-refractivity contribution is -0.124. The van der Waals surface area contributed by atoms with E-state index in [0.29, 0.717) is 13.1 Å². The highest BCUT2D eigenvalue weighted by atomic mass is 35.5. The van der Waals surface area contributed by atoms with Gasteiger partial charge in [0, 0.05) is 24.4 Å². The van der Waals surface area contributed by atoms with Gasteiger partial charge in [-0.2, -0.15) is 0 Å². The predicted molar refractivity (Wildman–Crippen MR) is 75.8 cm³/mol. The van der Waals surface area contributed by atoms with Crippen molar-refractivity contribution in [1.29, 1.82) is 0 Å². The Kier molecular flexibility index (Phi) is 5.32. The van der Waals surface area contributed by atoms with E-state index in [1.807, 2.05) is 6.07 Å². The average Bonchev–Trinajstić information content (AvgIpc) is 3.16. The van der Waals surface area contributed by atoms with Gasteiger partial charge in [0.15, 0.2) is 0 Å². The first-order valence-corrected chi connectivity index (χ1v) is 6.31. The van der Waals surface area contributed by atoms with Gasteiger partial charge in [-0.25, -0.2) is 4.39 Å². The maximum Gasteiger partial charge on any atom is 0.224 e. The van der Waals surface area contributed by atoms with E-state index in [0.717, 1.165) is 18.4 Å². The molecule has 3 nitrogen and oxygen atoms in total. The first-order valence-electron chi connectivity index (χ1n) is 6.31. The van der Waals surface area contributed by atoms with E-state index in [1.165, 1.54) is 6.07 Å². The second-order valence-electron chi connectivity index (χ2n) is 5.15. The third-order valence-corrected chi connectivity index (χ3v) is 3.69. The van der Waals surface area contributed by atoms with E-state index < -0.39 is 0 Å². The van der Waals surface area contributed by atoms with Crippen molar-refractivity contribution < 1.29 is 9.18 Å². The molecule has 106 valence electrons. The van der Waals surface area contributed by atoms with Gasteiger partial charge in [0.25, 0.3) is 0 Å². The Morgan fingerprint density at radius 1 is 1.53 bits per heavy atom. The van der Waals surface area contributed by atoms with Crippen LogP contribution in [0.1, 0.15) is 25.3 Å². The molecule has 1 amide bonds. The molecule has 0 bridgehead atoms. The Bertz CT molecular complexity index is 449. The fourth-order valence-electron chi connectivity index (χ4n) is 2.07. The molecule has 0 saturated heterocycles. The smallest absolute Gasteiger partial charge is 0.224 e. The predicted octanol–water partition coefficient (Wildman–Crippen LogP) is 1.99. The van der Waals surface area contributed by atoms with Crippen LogP contribution in [0.2, 0.25) is 0 Å². The highest BCUT2D eigenvalue weighted by Crippen LogP contribution is 2.47. The molecule has 1 atom stereocenters. The van der Waals surface area contributed by atoms with Crippen LogP contribution >= 0.6 is 12.4 Å². The van der Waals surface area contributed by atoms with Gasteiger partial charge in [-0.3, -0.25) is 4.79 Å². The lowest BCUT2D eigenvalue weighted by Crippen LogP contribution is -2.38. The van der Waals surface area contributed by atoms with Gasteiger partial charge in [0.1, 0.15) is 5.82 Å². The average molecular weight is 287 g/mol. The van der Waals surface area contributed by atoms with Crippen molar-refractivity contribution >= 4 is 18.3 Å². The summed E-state index contributed by atoms with van der Waals surface area (Å²) >= 11 is 0. The zero-order valence-electron chi connectivity index (χ0n) is 11.0. The summed E-state index contributed by atoms with van der Waals surface area (Å²) in [4.78, 5) is 11.7. The second-order valence-corrected chi connectivity index (χ2v) is 5.15. The number of nitrogens with two attached hydrogens (primary N) is 1. The van der Waals surface area contributed by atoms with Crippen molar-refractivity contribution in [3.05, 3.63) is 35.6 Å². The van der Waals surface area contributed by atoms with Crippen molar-refractivity contribution in [1.82, 2.24) is 5.32 Å². The Balaban J connectivity index is 0.00000180. The van der Waals surface area contributed by atoms with Crippen LogP contribution in [0.25, 0.3) is 0 Å². The van der Waals surface area contributed by atoms with Crippen LogP contribution in [-0.4, -0.2) is 19.0 Å². The van der Waals surface area contributed by atoms with Crippen LogP contribution in [0, 0.1) is 11.7 Å². The number of carbonyl (C=O) groups is 1. The zero-order chi connectivity index (χ0) is 13.2. The minimum atomic E-state index is -0.222. The number of hydrogen-bond acceptors (Lipinski definition) is 2. The maximum absolute atomic E-state index is 13.2. The molecule has 1 aromatic carbocycles. The van der Waals surface area contributed by atoms with Gasteiger partial charge in [0.2, 0.25) is 5.91 Å². The Morgan fingerprint density at radius 3 is 2.74 bits per heavy atom. The molecule has 1 unspecified atom stereocenters. The number of rotatable bonds is 5. The number of hydrogen-bond donors (Lipinski definition) is 2. The Hall–Kier alpha value is -1.13. The largest absolute Gasteiger partial charge is 0.355 e. The number of benzene rings is 1. The van der Waals surface area contributed by atoms with Crippen molar-refractivity contribution in [2.45, 2.75) is 25.2 Å². The summed E-state index contributed by atoms with van der Waals surface area (Å²) in [7, 11) is 0. The van der Waals surface area contributed by atoms with E-state index >= 15 is 0 Å². The monoisotopic (exact) mass is 286 g/mol. The molecule has 0 spiro atoms. The fourth-order valence-corrected chi connectivity index (χ4v) is 2.07. The van der Waals surface area contributed by atoms with E-state index in [-0.39, 0.29) is 35.5 Å². The van der Waals surface area contributed by atoms with E-state index in [2.05, 4.69) is 5.32 Å². The summed E-state index contributed by atoms with van der Waals surface area (Å²) < 4.78 is 13.2. The first-order chi connectivity index (χ1) is 8.57. The van der Waals surface area contributed by atoms with Crippen LogP contribution < -0.4 is 11.1 Å². The van der Waals surface area contributed by atoms with Crippen molar-refractivity contribution in [3.8, 4) is 0 Å². The third kappa shape index (κ3) is 3.67. The minimum Gasteiger partial charge on any atom is -0.355 e. The van der Waals surface area contributed by atoms with E-state index in [1.54, 1.807) is 19.1 Å². The van der Waals surface area contributed by atoms with Crippen LogP contribution in [0.4, 0.5) is 4.39 Å². The minimum absolute atomic E-state index is 0. The van der Waals surface area contributed by atoms with Crippen LogP contribution in [0.5, 0.6) is 0 Å². The molecule has 0 aliphatic heterocycles. The number of halogens is 2. The van der Waals surface area contributed by atoms with Gasteiger partial charge in [-0.1, -0.05) is 19.1 Å². The lowest BCUT2D eigenvalue weighted by Gasteiger charge is -2.18. The third-order valence-electron chi connectivity index (χ3n) is 3.69. The highest BCUT2D eigenvalue weighted by Gasteiger charge is 2.44. The standard InChI is InChI=1S/C14H19FN2O.ClH/c1-10(8-16)13(18)17-9-14(5-6-14)11-3-2-4-12(15)7-11;/h2-4,7,10H,5-6,8-9,16H2,1H3,(H,17,18);1H. The van der Waals surface area contributed by atoms with Gasteiger partial charge >= 0.3 is 0 Å². The number of carbonyl (C=O) groups excluding carboxylic acids is 1. The van der Waals surface area contributed by atoms with Crippen LogP contribution in [0.15, 0.2) is 24.3 Å². The molecule has 5 heteroatoms. The van der Waals surface area contributed by atoms with E-state index in [4.69, 9.17) is 5.73 Å². The summed E-state index contributed by atoms with van der Waals surface area (Å²) in [5.74, 6) is -0.422. The number of amides is 1. The highest BCUT2D eigenvalue weighted by molar-refractivity contribution is 5.85. The maximum atomic E-state index is 13.2. The van der Waals surface area contributed by atoms with Crippen LogP contribution in [0.3, 0.4) is 0 Å². The molecule has 0 heterocycles. The SMILES string of the molecule is CC(CN)C(=O)NCC1(c2cccc(F)c2)CC1.Cl. The molecule has 2 rings (SSSR count). The molecule has 0 radical (unpaired) electrons. The molecular formula is C14H20ClFN2O. The molecule has 3 N–H and O–H groups in total. The summed E-state index contributed by atoms with van der Waals surface area (Å²) in [5, 5.41) is 2.91. The first kappa shape index (κ1) is 15.9. The molecule has 1 aliphatic rings. The molecule has 1 aromatic rings. The van der Waals surface area contributed by atoms with Gasteiger partial charge in [0.05, 0.1) is 0 Å². The van der Waals surface area contributed by atoms with Gasteiger partial charge in [-0.15, -0.1) is 12.4 Å². The summed E-state index contributed by atoms with van der Waals surface area (Å²) in [6.45, 7) is 2.72. The molecular weight excluding hydrogens is 267 g/mol. The molecule has 0 aromatic heterocycles. The summed E-state index contributed by atoms with van der Waals surface area (Å²) in [6.07, 6.45) is 1.99. The normalized spacial score (nSPS) is 17.2. The van der Waals surface area contributed by atoms with Crippen molar-refractivity contribution in [2.75, 3.05) is 13.1 Å². The van der Waals surface area contributed by atoms with Crippen LogP contribution in [-0.2, 0) is 10.2 Å². The molecule has 19 heavy (non-hydrogen) atoms. The van der Waals surface area contributed by atoms with Gasteiger partial charge < -0.3 is 11.1 Å². The topological polar surface area (TPSA) is 55.1 Å². The van der Waals surface area contributed by atoms with Gasteiger partial charge in [-0.05, 0) is 30.5 Å². The lowest BCUT2D eigenvalue weighted by atomic mass is 9.95. The summed E-state index contributed by atoms with van der Waals surface area (Å²) in [6, 6.07) is 6.64. The molecule has 1 fully saturated rings. The Morgan fingerprint density at radius 2 is 2.21 bits per heavy atom.